The normalized spacial score (nSPS) is 20.0. The van der Waals surface area contributed by atoms with Crippen LogP contribution >= 0.6 is 0 Å². The molecule has 220 valence electrons. The Kier molecular flexibility index (Phi) is 6.76. The third kappa shape index (κ3) is 4.71. The SMILES string of the molecule is CC(C)(C)c1cc([C@@H]2c3ccccc3OC(=O)C[C@@]23C(=O)N(Cc2ccccc2)c2ccccc23)cc(C(C)(C)C)c1O. The van der Waals surface area contributed by atoms with E-state index in [-0.39, 0.29) is 28.9 Å². The number of carbonyl (C=O) groups excluding carboxylic acids is 2. The molecule has 0 aromatic heterocycles. The Balaban J connectivity index is 1.69. The summed E-state index contributed by atoms with van der Waals surface area (Å²) in [5, 5.41) is 11.6. The van der Waals surface area contributed by atoms with Crippen molar-refractivity contribution in [2.75, 3.05) is 4.90 Å². The number of phenols is 1. The number of benzene rings is 4. The molecule has 1 N–H and O–H groups in total. The van der Waals surface area contributed by atoms with Gasteiger partial charge in [0.15, 0.2) is 0 Å². The van der Waals surface area contributed by atoms with E-state index in [1.807, 2.05) is 95.9 Å². The summed E-state index contributed by atoms with van der Waals surface area (Å²) in [7, 11) is 0. The van der Waals surface area contributed by atoms with Crippen LogP contribution in [0.2, 0.25) is 0 Å². The molecule has 1 amide bonds. The summed E-state index contributed by atoms with van der Waals surface area (Å²) in [5.41, 5.74) is 3.89. The second-order valence-corrected chi connectivity index (χ2v) is 14.0. The number of aromatic hydroxyl groups is 1. The van der Waals surface area contributed by atoms with Crippen molar-refractivity contribution in [3.05, 3.63) is 124 Å². The highest BCUT2D eigenvalue weighted by Gasteiger charge is 2.59. The fourth-order valence-corrected chi connectivity index (χ4v) is 6.92. The van der Waals surface area contributed by atoms with Crippen molar-refractivity contribution in [1.82, 2.24) is 0 Å². The van der Waals surface area contributed by atoms with E-state index in [0.717, 1.165) is 39.1 Å². The number of amides is 1. The molecular weight excluding hydrogens is 534 g/mol. The van der Waals surface area contributed by atoms with Crippen LogP contribution < -0.4 is 9.64 Å². The average Bonchev–Trinajstić information content (AvgIpc) is 3.08. The quantitative estimate of drug-likeness (QED) is 0.200. The van der Waals surface area contributed by atoms with E-state index in [2.05, 4.69) is 41.5 Å². The molecule has 1 spiro atoms. The molecule has 6 rings (SSSR count). The van der Waals surface area contributed by atoms with Crippen LogP contribution in [0.3, 0.4) is 0 Å². The van der Waals surface area contributed by atoms with Gasteiger partial charge < -0.3 is 14.7 Å². The van der Waals surface area contributed by atoms with Crippen molar-refractivity contribution in [2.45, 2.75) is 76.7 Å². The number of nitrogens with zero attached hydrogens (tertiary/aromatic N) is 1. The van der Waals surface area contributed by atoms with E-state index in [9.17, 15) is 9.90 Å². The van der Waals surface area contributed by atoms with Gasteiger partial charge in [0, 0.05) is 17.2 Å². The Bertz CT molecular complexity index is 1690. The molecule has 5 heteroatoms. The zero-order valence-electron chi connectivity index (χ0n) is 25.8. The van der Waals surface area contributed by atoms with Gasteiger partial charge in [0.05, 0.1) is 18.4 Å². The van der Waals surface area contributed by atoms with Gasteiger partial charge in [-0.1, -0.05) is 120 Å². The van der Waals surface area contributed by atoms with Crippen LogP contribution in [0.5, 0.6) is 11.5 Å². The van der Waals surface area contributed by atoms with E-state index < -0.39 is 17.3 Å². The summed E-state index contributed by atoms with van der Waals surface area (Å²) in [6.07, 6.45) is -0.107. The van der Waals surface area contributed by atoms with Gasteiger partial charge in [0.25, 0.3) is 0 Å². The average molecular weight is 574 g/mol. The lowest BCUT2D eigenvalue weighted by Crippen LogP contribution is -2.46. The van der Waals surface area contributed by atoms with E-state index in [1.54, 1.807) is 0 Å². The Morgan fingerprint density at radius 3 is 2.05 bits per heavy atom. The topological polar surface area (TPSA) is 66.8 Å². The summed E-state index contributed by atoms with van der Waals surface area (Å²) in [6, 6.07) is 29.4. The molecule has 0 saturated heterocycles. The van der Waals surface area contributed by atoms with Crippen molar-refractivity contribution in [1.29, 1.82) is 0 Å². The summed E-state index contributed by atoms with van der Waals surface area (Å²) in [6.45, 7) is 12.9. The van der Waals surface area contributed by atoms with Gasteiger partial charge in [-0.3, -0.25) is 9.59 Å². The standard InChI is InChI=1S/C38H39NO4/c1-36(2,3)28-20-25(21-29(34(28)41)37(4,5)6)33-26-16-10-13-19-31(26)43-32(40)22-38(33)27-17-11-12-18-30(27)39(35(38)42)23-24-14-8-7-9-15-24/h7-21,33,41H,22-23H2,1-6H3/t33-,38+/m1/s1. The molecule has 0 unspecified atom stereocenters. The summed E-state index contributed by atoms with van der Waals surface area (Å²) in [5.74, 6) is -0.378. The third-order valence-corrected chi connectivity index (χ3v) is 8.94. The van der Waals surface area contributed by atoms with E-state index in [0.29, 0.717) is 12.3 Å². The molecule has 5 nitrogen and oxygen atoms in total. The predicted molar refractivity (Wildman–Crippen MR) is 170 cm³/mol. The maximum absolute atomic E-state index is 15.1. The number of ether oxygens (including phenoxy) is 1. The number of rotatable bonds is 3. The van der Waals surface area contributed by atoms with Crippen LogP contribution in [0, 0.1) is 0 Å². The molecule has 0 radical (unpaired) electrons. The first-order chi connectivity index (χ1) is 20.3. The van der Waals surface area contributed by atoms with Crippen LogP contribution in [0.15, 0.2) is 91.0 Å². The number of hydrogen-bond donors (Lipinski definition) is 1. The number of phenolic OH excluding ortho intramolecular Hbond substituents is 1. The number of esters is 1. The van der Waals surface area contributed by atoms with Gasteiger partial charge in [-0.05, 0) is 50.8 Å². The number of anilines is 1. The van der Waals surface area contributed by atoms with Crippen LogP contribution in [0.25, 0.3) is 0 Å². The van der Waals surface area contributed by atoms with Crippen LogP contribution in [-0.2, 0) is 32.4 Å². The maximum Gasteiger partial charge on any atom is 0.312 e. The molecule has 43 heavy (non-hydrogen) atoms. The van der Waals surface area contributed by atoms with Gasteiger partial charge >= 0.3 is 5.97 Å². The first-order valence-electron chi connectivity index (χ1n) is 15.0. The van der Waals surface area contributed by atoms with Crippen molar-refractivity contribution in [3.63, 3.8) is 0 Å². The van der Waals surface area contributed by atoms with Crippen LogP contribution in [0.4, 0.5) is 5.69 Å². The molecule has 0 fully saturated rings. The smallest absolute Gasteiger partial charge is 0.312 e. The van der Waals surface area contributed by atoms with Crippen molar-refractivity contribution in [2.24, 2.45) is 0 Å². The minimum Gasteiger partial charge on any atom is -0.507 e. The second kappa shape index (κ2) is 10.1. The van der Waals surface area contributed by atoms with Crippen molar-refractivity contribution >= 4 is 17.6 Å². The highest BCUT2D eigenvalue weighted by atomic mass is 16.5. The number of hydrogen-bond acceptors (Lipinski definition) is 4. The molecule has 4 aromatic carbocycles. The highest BCUT2D eigenvalue weighted by molar-refractivity contribution is 6.11. The number of carbonyl (C=O) groups is 2. The Morgan fingerprint density at radius 2 is 1.40 bits per heavy atom. The zero-order valence-corrected chi connectivity index (χ0v) is 25.8. The molecule has 2 heterocycles. The minimum atomic E-state index is -1.25. The lowest BCUT2D eigenvalue weighted by molar-refractivity contribution is -0.138. The van der Waals surface area contributed by atoms with E-state index >= 15 is 4.79 Å². The van der Waals surface area contributed by atoms with Crippen molar-refractivity contribution < 1.29 is 19.4 Å². The minimum absolute atomic E-state index is 0.107. The van der Waals surface area contributed by atoms with Crippen molar-refractivity contribution in [3.8, 4) is 11.5 Å². The Morgan fingerprint density at radius 1 is 0.814 bits per heavy atom. The summed E-state index contributed by atoms with van der Waals surface area (Å²) >= 11 is 0. The Labute approximate surface area is 254 Å². The summed E-state index contributed by atoms with van der Waals surface area (Å²) in [4.78, 5) is 30.6. The second-order valence-electron chi connectivity index (χ2n) is 14.0. The molecule has 2 atom stereocenters. The van der Waals surface area contributed by atoms with E-state index in [1.165, 1.54) is 0 Å². The maximum atomic E-state index is 15.1. The molecular formula is C38H39NO4. The van der Waals surface area contributed by atoms with E-state index in [4.69, 9.17) is 4.74 Å². The zero-order chi connectivity index (χ0) is 30.7. The summed E-state index contributed by atoms with van der Waals surface area (Å²) < 4.78 is 5.97. The fraction of sp³-hybridized carbons (Fsp3) is 0.316. The monoisotopic (exact) mass is 573 g/mol. The molecule has 0 bridgehead atoms. The third-order valence-electron chi connectivity index (χ3n) is 8.94. The molecule has 2 aliphatic heterocycles. The highest BCUT2D eigenvalue weighted by Crippen LogP contribution is 2.58. The molecule has 0 aliphatic carbocycles. The molecule has 2 aliphatic rings. The lowest BCUT2D eigenvalue weighted by atomic mass is 9.62. The van der Waals surface area contributed by atoms with Crippen LogP contribution in [0.1, 0.15) is 87.3 Å². The number of fused-ring (bicyclic) bond motifs is 3. The van der Waals surface area contributed by atoms with Gasteiger partial charge in [-0.2, -0.15) is 0 Å². The molecule has 0 saturated carbocycles. The van der Waals surface area contributed by atoms with Gasteiger partial charge in [0.2, 0.25) is 5.91 Å². The largest absolute Gasteiger partial charge is 0.507 e. The van der Waals surface area contributed by atoms with Gasteiger partial charge in [-0.25, -0.2) is 0 Å². The Hall–Kier alpha value is -4.38. The lowest BCUT2D eigenvalue weighted by Gasteiger charge is -2.37. The van der Waals surface area contributed by atoms with Gasteiger partial charge in [-0.15, -0.1) is 0 Å². The van der Waals surface area contributed by atoms with Crippen LogP contribution in [-0.4, -0.2) is 17.0 Å². The number of para-hydroxylation sites is 2. The molecule has 4 aromatic rings. The fourth-order valence-electron chi connectivity index (χ4n) is 6.92. The van der Waals surface area contributed by atoms with Gasteiger partial charge in [0.1, 0.15) is 11.5 Å². The predicted octanol–water partition coefficient (Wildman–Crippen LogP) is 7.91. The first kappa shape index (κ1) is 28.7. The first-order valence-corrected chi connectivity index (χ1v) is 15.0.